The topological polar surface area (TPSA) is 72.9 Å². The van der Waals surface area contributed by atoms with Gasteiger partial charge in [-0.1, -0.05) is 17.7 Å². The number of methoxy groups -OCH3 is 1. The van der Waals surface area contributed by atoms with Crippen LogP contribution in [-0.2, 0) is 24.3 Å². The number of aryl methyl sites for hydroxylation is 1. The molecule has 1 aliphatic heterocycles. The van der Waals surface area contributed by atoms with E-state index in [9.17, 15) is 13.2 Å². The Morgan fingerprint density at radius 3 is 2.48 bits per heavy atom. The molecule has 0 N–H and O–H groups in total. The summed E-state index contributed by atoms with van der Waals surface area (Å²) in [6.45, 7) is 3.26. The van der Waals surface area contributed by atoms with E-state index in [1.165, 1.54) is 18.3 Å². The van der Waals surface area contributed by atoms with E-state index in [0.29, 0.717) is 12.8 Å². The van der Waals surface area contributed by atoms with Gasteiger partial charge in [-0.15, -0.1) is 0 Å². The highest BCUT2D eigenvalue weighted by Crippen LogP contribution is 2.30. The number of esters is 1. The number of rotatable bonds is 5. The predicted octanol–water partition coefficient (Wildman–Crippen LogP) is 2.07. The minimum Gasteiger partial charge on any atom is -0.464 e. The maximum atomic E-state index is 13.0. The van der Waals surface area contributed by atoms with E-state index in [0.717, 1.165) is 12.0 Å². The number of piperidine rings is 1. The van der Waals surface area contributed by atoms with E-state index in [1.807, 2.05) is 6.92 Å². The molecular formula is C16H23NO5S. The van der Waals surface area contributed by atoms with Crippen molar-refractivity contribution < 1.29 is 22.7 Å². The van der Waals surface area contributed by atoms with E-state index in [1.54, 1.807) is 24.3 Å². The van der Waals surface area contributed by atoms with E-state index >= 15 is 0 Å². The minimum absolute atomic E-state index is 0.0419. The van der Waals surface area contributed by atoms with E-state index in [2.05, 4.69) is 0 Å². The number of benzene rings is 1. The monoisotopic (exact) mass is 341 g/mol. The van der Waals surface area contributed by atoms with Gasteiger partial charge in [-0.25, -0.2) is 8.42 Å². The first kappa shape index (κ1) is 17.9. The lowest BCUT2D eigenvalue weighted by Gasteiger charge is -2.39. The average Bonchev–Trinajstić information content (AvgIpc) is 2.52. The third-order valence-electron chi connectivity index (χ3n) is 3.98. The SMILES string of the molecule is CO[C@H]1CCC[C@@H](COC(C)=O)N1S(=O)(=O)c1ccc(C)cc1. The lowest BCUT2D eigenvalue weighted by Crippen LogP contribution is -2.52. The molecule has 1 heterocycles. The number of hydrogen-bond acceptors (Lipinski definition) is 5. The first-order chi connectivity index (χ1) is 10.9. The predicted molar refractivity (Wildman–Crippen MR) is 85.3 cm³/mol. The molecule has 0 aliphatic carbocycles. The molecule has 128 valence electrons. The van der Waals surface area contributed by atoms with Crippen molar-refractivity contribution in [1.29, 1.82) is 0 Å². The van der Waals surface area contributed by atoms with Gasteiger partial charge in [-0.3, -0.25) is 4.79 Å². The van der Waals surface area contributed by atoms with Crippen molar-refractivity contribution >= 4 is 16.0 Å². The highest BCUT2D eigenvalue weighted by Gasteiger charge is 2.40. The summed E-state index contributed by atoms with van der Waals surface area (Å²) in [6.07, 6.45) is 1.54. The molecule has 0 unspecified atom stereocenters. The molecule has 0 aromatic heterocycles. The highest BCUT2D eigenvalue weighted by molar-refractivity contribution is 7.89. The van der Waals surface area contributed by atoms with E-state index < -0.39 is 28.3 Å². The van der Waals surface area contributed by atoms with Gasteiger partial charge in [0.2, 0.25) is 10.0 Å². The van der Waals surface area contributed by atoms with Gasteiger partial charge < -0.3 is 9.47 Å². The number of nitrogens with zero attached hydrogens (tertiary/aromatic N) is 1. The highest BCUT2D eigenvalue weighted by atomic mass is 32.2. The summed E-state index contributed by atoms with van der Waals surface area (Å²) in [5.74, 6) is -0.419. The fourth-order valence-electron chi connectivity index (χ4n) is 2.79. The Morgan fingerprint density at radius 2 is 1.91 bits per heavy atom. The van der Waals surface area contributed by atoms with Crippen molar-refractivity contribution in [2.75, 3.05) is 13.7 Å². The summed E-state index contributed by atoms with van der Waals surface area (Å²) in [5.41, 5.74) is 0.988. The van der Waals surface area contributed by atoms with Crippen molar-refractivity contribution in [3.63, 3.8) is 0 Å². The lowest BCUT2D eigenvalue weighted by atomic mass is 10.0. The van der Waals surface area contributed by atoms with Crippen LogP contribution in [0.2, 0.25) is 0 Å². The quantitative estimate of drug-likeness (QED) is 0.767. The Balaban J connectivity index is 2.34. The zero-order valence-electron chi connectivity index (χ0n) is 13.7. The van der Waals surface area contributed by atoms with Gasteiger partial charge in [0, 0.05) is 14.0 Å². The molecule has 0 bridgehead atoms. The standard InChI is InChI=1S/C16H23NO5S/c1-12-7-9-15(10-8-12)23(19,20)17-14(11-22-13(2)18)5-4-6-16(17)21-3/h7-10,14,16H,4-6,11H2,1-3H3/t14-,16-/m0/s1. The second kappa shape index (κ2) is 7.42. The number of ether oxygens (including phenoxy) is 2. The van der Waals surface area contributed by atoms with Crippen molar-refractivity contribution in [1.82, 2.24) is 4.31 Å². The van der Waals surface area contributed by atoms with Gasteiger partial charge >= 0.3 is 5.97 Å². The van der Waals surface area contributed by atoms with E-state index in [-0.39, 0.29) is 11.5 Å². The van der Waals surface area contributed by atoms with Crippen LogP contribution in [0.4, 0.5) is 0 Å². The van der Waals surface area contributed by atoms with Crippen molar-refractivity contribution in [3.05, 3.63) is 29.8 Å². The minimum atomic E-state index is -3.72. The number of carbonyl (C=O) groups excluding carboxylic acids is 1. The van der Waals surface area contributed by atoms with Crippen LogP contribution < -0.4 is 0 Å². The lowest BCUT2D eigenvalue weighted by molar-refractivity contribution is -0.144. The molecule has 0 amide bonds. The number of sulfonamides is 1. The molecule has 1 aliphatic rings. The molecule has 0 spiro atoms. The zero-order valence-corrected chi connectivity index (χ0v) is 14.5. The number of carbonyl (C=O) groups is 1. The normalized spacial score (nSPS) is 22.7. The van der Waals surface area contributed by atoms with Crippen LogP contribution in [0.25, 0.3) is 0 Å². The molecule has 2 atom stereocenters. The molecule has 23 heavy (non-hydrogen) atoms. The van der Waals surface area contributed by atoms with Crippen LogP contribution in [-0.4, -0.2) is 44.7 Å². The molecule has 1 aromatic carbocycles. The Bertz CT molecular complexity index is 641. The molecule has 7 heteroatoms. The maximum Gasteiger partial charge on any atom is 0.302 e. The summed E-state index contributed by atoms with van der Waals surface area (Å²) in [7, 11) is -2.22. The second-order valence-corrected chi connectivity index (χ2v) is 7.57. The molecular weight excluding hydrogens is 318 g/mol. The van der Waals surface area contributed by atoms with Crippen LogP contribution in [0.3, 0.4) is 0 Å². The first-order valence-electron chi connectivity index (χ1n) is 7.62. The van der Waals surface area contributed by atoms with Crippen molar-refractivity contribution in [3.8, 4) is 0 Å². The molecule has 6 nitrogen and oxygen atoms in total. The largest absolute Gasteiger partial charge is 0.464 e. The molecule has 1 fully saturated rings. The number of hydrogen-bond donors (Lipinski definition) is 0. The van der Waals surface area contributed by atoms with Crippen molar-refractivity contribution in [2.24, 2.45) is 0 Å². The molecule has 1 saturated heterocycles. The maximum absolute atomic E-state index is 13.0. The third kappa shape index (κ3) is 4.10. The third-order valence-corrected chi connectivity index (χ3v) is 5.94. The summed E-state index contributed by atoms with van der Waals surface area (Å²) < 4.78 is 37.8. The van der Waals surface area contributed by atoms with Gasteiger partial charge in [0.25, 0.3) is 0 Å². The Kier molecular flexibility index (Phi) is 5.78. The Hall–Kier alpha value is -1.44. The van der Waals surface area contributed by atoms with E-state index in [4.69, 9.17) is 9.47 Å². The molecule has 1 aromatic rings. The molecule has 0 saturated carbocycles. The Morgan fingerprint density at radius 1 is 1.26 bits per heavy atom. The molecule has 2 rings (SSSR count). The fourth-order valence-corrected chi connectivity index (χ4v) is 4.58. The fraction of sp³-hybridized carbons (Fsp3) is 0.562. The van der Waals surface area contributed by atoms with Gasteiger partial charge in [-0.05, 0) is 38.3 Å². The van der Waals surface area contributed by atoms with Gasteiger partial charge in [0.15, 0.2) is 0 Å². The van der Waals surface area contributed by atoms with Crippen LogP contribution in [0, 0.1) is 6.92 Å². The zero-order chi connectivity index (χ0) is 17.0. The molecule has 0 radical (unpaired) electrons. The smallest absolute Gasteiger partial charge is 0.302 e. The van der Waals surface area contributed by atoms with Crippen molar-refractivity contribution in [2.45, 2.75) is 50.3 Å². The summed E-state index contributed by atoms with van der Waals surface area (Å²) in [4.78, 5) is 11.3. The summed E-state index contributed by atoms with van der Waals surface area (Å²) >= 11 is 0. The van der Waals surface area contributed by atoms with Crippen LogP contribution >= 0.6 is 0 Å². The van der Waals surface area contributed by atoms with Gasteiger partial charge in [0.05, 0.1) is 10.9 Å². The van der Waals surface area contributed by atoms with Crippen LogP contribution in [0.1, 0.15) is 31.7 Å². The summed E-state index contributed by atoms with van der Waals surface area (Å²) in [6, 6.07) is 6.30. The van der Waals surface area contributed by atoms with Crippen LogP contribution in [0.5, 0.6) is 0 Å². The van der Waals surface area contributed by atoms with Gasteiger partial charge in [0.1, 0.15) is 12.8 Å². The first-order valence-corrected chi connectivity index (χ1v) is 9.06. The summed E-state index contributed by atoms with van der Waals surface area (Å²) in [5, 5.41) is 0. The second-order valence-electron chi connectivity index (χ2n) is 5.73. The van der Waals surface area contributed by atoms with Crippen LogP contribution in [0.15, 0.2) is 29.2 Å². The van der Waals surface area contributed by atoms with Gasteiger partial charge in [-0.2, -0.15) is 4.31 Å². The average molecular weight is 341 g/mol. The Labute approximate surface area is 137 Å².